The third-order valence-corrected chi connectivity index (χ3v) is 5.24. The van der Waals surface area contributed by atoms with Crippen LogP contribution in [0, 0.1) is 0 Å². The van der Waals surface area contributed by atoms with Gasteiger partial charge >= 0.3 is 5.97 Å². The lowest BCUT2D eigenvalue weighted by Gasteiger charge is -2.19. The number of nitrogens with zero attached hydrogens (tertiary/aromatic N) is 2. The first-order valence-electron chi connectivity index (χ1n) is 9.37. The first-order chi connectivity index (χ1) is 13.6. The van der Waals surface area contributed by atoms with Gasteiger partial charge in [0.2, 0.25) is 11.3 Å². The molecule has 3 aromatic rings. The molecule has 144 valence electrons. The zero-order chi connectivity index (χ0) is 19.7. The Labute approximate surface area is 162 Å². The van der Waals surface area contributed by atoms with Crippen molar-refractivity contribution in [3.8, 4) is 11.6 Å². The number of hydrogen-bond donors (Lipinski definition) is 1. The number of carboxylic acids is 1. The first kappa shape index (κ1) is 18.3. The quantitative estimate of drug-likeness (QED) is 0.738. The predicted octanol–water partition coefficient (Wildman–Crippen LogP) is 3.29. The number of para-hydroxylation sites is 1. The molecule has 2 aromatic carbocycles. The second-order valence-electron chi connectivity index (χ2n) is 7.02. The Morgan fingerprint density at radius 1 is 1.07 bits per heavy atom. The number of aromatic nitrogens is 1. The van der Waals surface area contributed by atoms with Crippen LogP contribution in [0.1, 0.15) is 28.8 Å². The van der Waals surface area contributed by atoms with Gasteiger partial charge in [-0.05, 0) is 55.8 Å². The lowest BCUT2D eigenvalue weighted by atomic mass is 10.1. The molecule has 0 radical (unpaired) electrons. The largest absolute Gasteiger partial charge is 0.481 e. The molecular formula is C22H22N2O4. The van der Waals surface area contributed by atoms with Gasteiger partial charge in [0.1, 0.15) is 0 Å². The maximum Gasteiger partial charge on any atom is 0.345 e. The van der Waals surface area contributed by atoms with Crippen molar-refractivity contribution in [2.24, 2.45) is 0 Å². The van der Waals surface area contributed by atoms with E-state index in [0.717, 1.165) is 25.3 Å². The van der Waals surface area contributed by atoms with Crippen molar-refractivity contribution >= 4 is 16.9 Å². The van der Waals surface area contributed by atoms with E-state index in [9.17, 15) is 14.7 Å². The van der Waals surface area contributed by atoms with Crippen LogP contribution in [0.25, 0.3) is 16.6 Å². The molecule has 1 saturated heterocycles. The summed E-state index contributed by atoms with van der Waals surface area (Å²) in [7, 11) is 1.38. The number of carboxylic acid groups (broad SMARTS) is 1. The highest BCUT2D eigenvalue weighted by atomic mass is 16.5. The summed E-state index contributed by atoms with van der Waals surface area (Å²) in [6, 6.07) is 14.9. The summed E-state index contributed by atoms with van der Waals surface area (Å²) in [5, 5.41) is 9.96. The fourth-order valence-electron chi connectivity index (χ4n) is 3.90. The number of fused-ring (bicyclic) bond motifs is 1. The molecule has 0 amide bonds. The van der Waals surface area contributed by atoms with Crippen LogP contribution in [0.4, 0.5) is 0 Å². The van der Waals surface area contributed by atoms with Crippen LogP contribution in [-0.2, 0) is 6.54 Å². The standard InChI is InChI=1S/C22H22N2O4/c1-28-21-19(22(26)27)20(25)17-6-2-3-7-18(17)24(21)16-10-8-15(9-11-16)14-23-12-4-5-13-23/h2-3,6-11H,4-5,12-14H2,1H3,(H,26,27). The fraction of sp³-hybridized carbons (Fsp3) is 0.273. The number of rotatable bonds is 5. The molecule has 0 spiro atoms. The van der Waals surface area contributed by atoms with Crippen molar-refractivity contribution < 1.29 is 14.6 Å². The zero-order valence-electron chi connectivity index (χ0n) is 15.7. The molecule has 6 heteroatoms. The van der Waals surface area contributed by atoms with Crippen LogP contribution in [-0.4, -0.2) is 40.7 Å². The van der Waals surface area contributed by atoms with E-state index in [4.69, 9.17) is 4.74 Å². The van der Waals surface area contributed by atoms with Gasteiger partial charge in [-0.15, -0.1) is 0 Å². The number of ether oxygens (including phenoxy) is 1. The van der Waals surface area contributed by atoms with Crippen molar-refractivity contribution in [2.75, 3.05) is 20.2 Å². The Balaban J connectivity index is 1.86. The normalized spacial score (nSPS) is 14.5. The number of aromatic carboxylic acids is 1. The SMILES string of the molecule is COc1c(C(=O)O)c(=O)c2ccccc2n1-c1ccc(CN2CCCC2)cc1. The van der Waals surface area contributed by atoms with Crippen LogP contribution >= 0.6 is 0 Å². The van der Waals surface area contributed by atoms with Gasteiger partial charge in [-0.1, -0.05) is 24.3 Å². The second kappa shape index (κ2) is 7.48. The summed E-state index contributed by atoms with van der Waals surface area (Å²) in [5.41, 5.74) is 1.67. The Morgan fingerprint density at radius 2 is 1.75 bits per heavy atom. The number of benzene rings is 2. The molecule has 1 aliphatic rings. The minimum atomic E-state index is -1.30. The third kappa shape index (κ3) is 3.16. The number of carbonyl (C=O) groups is 1. The first-order valence-corrected chi connectivity index (χ1v) is 9.37. The summed E-state index contributed by atoms with van der Waals surface area (Å²) >= 11 is 0. The zero-order valence-corrected chi connectivity index (χ0v) is 15.7. The molecule has 28 heavy (non-hydrogen) atoms. The van der Waals surface area contributed by atoms with E-state index < -0.39 is 11.4 Å². The van der Waals surface area contributed by atoms with Gasteiger partial charge in [0.15, 0.2) is 5.56 Å². The lowest BCUT2D eigenvalue weighted by molar-refractivity contribution is 0.0691. The van der Waals surface area contributed by atoms with Crippen molar-refractivity contribution in [3.63, 3.8) is 0 Å². The summed E-state index contributed by atoms with van der Waals surface area (Å²) < 4.78 is 7.09. The van der Waals surface area contributed by atoms with Crippen molar-refractivity contribution in [3.05, 3.63) is 69.9 Å². The van der Waals surface area contributed by atoms with Crippen molar-refractivity contribution in [1.82, 2.24) is 9.47 Å². The van der Waals surface area contributed by atoms with E-state index in [2.05, 4.69) is 4.90 Å². The van der Waals surface area contributed by atoms with Crippen LogP contribution < -0.4 is 10.2 Å². The van der Waals surface area contributed by atoms with E-state index >= 15 is 0 Å². The third-order valence-electron chi connectivity index (χ3n) is 5.24. The smallest absolute Gasteiger partial charge is 0.345 e. The Hall–Kier alpha value is -3.12. The molecule has 0 unspecified atom stereocenters. The highest BCUT2D eigenvalue weighted by molar-refractivity contribution is 5.96. The summed E-state index contributed by atoms with van der Waals surface area (Å²) in [6.45, 7) is 3.16. The van der Waals surface area contributed by atoms with Crippen LogP contribution in [0.3, 0.4) is 0 Å². The Kier molecular flexibility index (Phi) is 4.88. The van der Waals surface area contributed by atoms with Crippen LogP contribution in [0.2, 0.25) is 0 Å². The van der Waals surface area contributed by atoms with Crippen LogP contribution in [0.5, 0.6) is 5.88 Å². The van der Waals surface area contributed by atoms with Crippen LogP contribution in [0.15, 0.2) is 53.3 Å². The topological polar surface area (TPSA) is 71.8 Å². The number of likely N-dealkylation sites (tertiary alicyclic amines) is 1. The van der Waals surface area contributed by atoms with E-state index in [-0.39, 0.29) is 11.4 Å². The van der Waals surface area contributed by atoms with Crippen molar-refractivity contribution in [1.29, 1.82) is 0 Å². The molecule has 0 aliphatic carbocycles. The summed E-state index contributed by atoms with van der Waals surface area (Å²) in [4.78, 5) is 26.9. The van der Waals surface area contributed by atoms with Crippen molar-refractivity contribution in [2.45, 2.75) is 19.4 Å². The number of methoxy groups -OCH3 is 1. The molecule has 0 bridgehead atoms. The van der Waals surface area contributed by atoms with E-state index in [1.165, 1.54) is 25.5 Å². The Morgan fingerprint density at radius 3 is 2.39 bits per heavy atom. The second-order valence-corrected chi connectivity index (χ2v) is 7.02. The minimum Gasteiger partial charge on any atom is -0.481 e. The van der Waals surface area contributed by atoms with E-state index in [0.29, 0.717) is 10.9 Å². The highest BCUT2D eigenvalue weighted by Gasteiger charge is 2.23. The molecular weight excluding hydrogens is 356 g/mol. The van der Waals surface area contributed by atoms with Gasteiger partial charge in [-0.3, -0.25) is 14.3 Å². The van der Waals surface area contributed by atoms with E-state index in [1.54, 1.807) is 22.8 Å². The predicted molar refractivity (Wildman–Crippen MR) is 108 cm³/mol. The average Bonchev–Trinajstić information content (AvgIpc) is 3.21. The molecule has 4 rings (SSSR count). The van der Waals surface area contributed by atoms with Gasteiger partial charge in [0.05, 0.1) is 12.6 Å². The molecule has 0 saturated carbocycles. The van der Waals surface area contributed by atoms with Gasteiger partial charge < -0.3 is 9.84 Å². The van der Waals surface area contributed by atoms with Gasteiger partial charge in [0, 0.05) is 17.6 Å². The molecule has 2 heterocycles. The van der Waals surface area contributed by atoms with E-state index in [1.807, 2.05) is 30.3 Å². The summed E-state index contributed by atoms with van der Waals surface area (Å²) in [5.74, 6) is -1.27. The van der Waals surface area contributed by atoms with Gasteiger partial charge in [-0.25, -0.2) is 4.79 Å². The molecule has 1 N–H and O–H groups in total. The lowest BCUT2D eigenvalue weighted by Crippen LogP contribution is -2.21. The monoisotopic (exact) mass is 378 g/mol. The number of hydrogen-bond acceptors (Lipinski definition) is 4. The van der Waals surface area contributed by atoms with Gasteiger partial charge in [0.25, 0.3) is 0 Å². The summed E-state index contributed by atoms with van der Waals surface area (Å²) in [6.07, 6.45) is 2.49. The molecule has 1 aromatic heterocycles. The van der Waals surface area contributed by atoms with Gasteiger partial charge in [-0.2, -0.15) is 0 Å². The average molecular weight is 378 g/mol. The minimum absolute atomic E-state index is 0.0310. The maximum atomic E-state index is 12.7. The molecule has 0 atom stereocenters. The highest BCUT2D eigenvalue weighted by Crippen LogP contribution is 2.27. The molecule has 6 nitrogen and oxygen atoms in total. The molecule has 1 fully saturated rings. The maximum absolute atomic E-state index is 12.7. The fourth-order valence-corrected chi connectivity index (χ4v) is 3.90. The molecule has 1 aliphatic heterocycles. The Bertz CT molecular complexity index is 1080. The number of pyridine rings is 1.